The van der Waals surface area contributed by atoms with Gasteiger partial charge in [0.15, 0.2) is 5.96 Å². The second-order valence-corrected chi connectivity index (χ2v) is 7.42. The summed E-state index contributed by atoms with van der Waals surface area (Å²) in [6.07, 6.45) is 0.382. The third-order valence-electron chi connectivity index (χ3n) is 5.28. The van der Waals surface area contributed by atoms with Crippen LogP contribution in [0.1, 0.15) is 18.9 Å². The number of amides is 1. The average molecular weight is 551 g/mol. The van der Waals surface area contributed by atoms with Gasteiger partial charge in [-0.2, -0.15) is 0 Å². The molecule has 1 aliphatic heterocycles. The van der Waals surface area contributed by atoms with Crippen LogP contribution in [0.15, 0.2) is 59.6 Å². The third-order valence-corrected chi connectivity index (χ3v) is 5.28. The maximum Gasteiger partial charge on any atom is 0.222 e. The summed E-state index contributed by atoms with van der Waals surface area (Å²) in [7, 11) is 1.68. The topological polar surface area (TPSA) is 69.2 Å². The molecule has 174 valence electrons. The van der Waals surface area contributed by atoms with Crippen LogP contribution in [-0.4, -0.2) is 63.1 Å². The summed E-state index contributed by atoms with van der Waals surface area (Å²) in [4.78, 5) is 21.5. The number of carbonyl (C=O) groups is 1. The summed E-state index contributed by atoms with van der Waals surface area (Å²) in [5.74, 6) is 1.78. The molecule has 32 heavy (non-hydrogen) atoms. The SMILES string of the molecule is CCNC(=NCCC(=O)NCc1ccccc1)N1CCN(c2ccc(OC)cc2)CC1.I. The van der Waals surface area contributed by atoms with Crippen LogP contribution in [0.3, 0.4) is 0 Å². The van der Waals surface area contributed by atoms with Crippen molar-refractivity contribution in [1.29, 1.82) is 0 Å². The fourth-order valence-electron chi connectivity index (χ4n) is 3.54. The Bertz CT molecular complexity index is 837. The zero-order chi connectivity index (χ0) is 21.9. The molecule has 0 unspecified atom stereocenters. The molecule has 2 aromatic carbocycles. The van der Waals surface area contributed by atoms with Crippen molar-refractivity contribution in [2.45, 2.75) is 19.9 Å². The quantitative estimate of drug-likeness (QED) is 0.300. The van der Waals surface area contributed by atoms with Crippen molar-refractivity contribution in [3.8, 4) is 5.75 Å². The van der Waals surface area contributed by atoms with Crippen molar-refractivity contribution in [3.05, 3.63) is 60.2 Å². The summed E-state index contributed by atoms with van der Waals surface area (Å²) < 4.78 is 5.24. The molecule has 1 amide bonds. The highest BCUT2D eigenvalue weighted by Gasteiger charge is 2.20. The summed E-state index contributed by atoms with van der Waals surface area (Å²) in [6.45, 7) is 7.52. The van der Waals surface area contributed by atoms with Crippen molar-refractivity contribution in [3.63, 3.8) is 0 Å². The van der Waals surface area contributed by atoms with E-state index in [1.165, 1.54) is 5.69 Å². The number of aliphatic imine (C=N–C) groups is 1. The highest BCUT2D eigenvalue weighted by Crippen LogP contribution is 2.20. The van der Waals surface area contributed by atoms with Gasteiger partial charge in [0.1, 0.15) is 5.75 Å². The molecule has 0 aromatic heterocycles. The Morgan fingerprint density at radius 2 is 1.69 bits per heavy atom. The highest BCUT2D eigenvalue weighted by molar-refractivity contribution is 14.0. The van der Waals surface area contributed by atoms with E-state index < -0.39 is 0 Å². The Morgan fingerprint density at radius 3 is 2.31 bits per heavy atom. The van der Waals surface area contributed by atoms with Crippen LogP contribution in [0.4, 0.5) is 5.69 Å². The number of anilines is 1. The minimum absolute atomic E-state index is 0. The van der Waals surface area contributed by atoms with E-state index in [1.807, 2.05) is 42.5 Å². The molecule has 1 heterocycles. The van der Waals surface area contributed by atoms with E-state index in [2.05, 4.69) is 44.5 Å². The van der Waals surface area contributed by atoms with E-state index in [0.29, 0.717) is 19.5 Å². The number of benzene rings is 2. The summed E-state index contributed by atoms with van der Waals surface area (Å²) in [6, 6.07) is 18.1. The largest absolute Gasteiger partial charge is 0.497 e. The second kappa shape index (κ2) is 13.8. The lowest BCUT2D eigenvalue weighted by molar-refractivity contribution is -0.121. The number of ether oxygens (including phenoxy) is 1. The lowest BCUT2D eigenvalue weighted by Gasteiger charge is -2.37. The first-order chi connectivity index (χ1) is 15.2. The van der Waals surface area contributed by atoms with Crippen LogP contribution in [0, 0.1) is 0 Å². The van der Waals surface area contributed by atoms with Crippen molar-refractivity contribution in [1.82, 2.24) is 15.5 Å². The van der Waals surface area contributed by atoms with Crippen molar-refractivity contribution in [2.75, 3.05) is 51.3 Å². The number of methoxy groups -OCH3 is 1. The molecule has 3 rings (SSSR count). The molecule has 0 bridgehead atoms. The summed E-state index contributed by atoms with van der Waals surface area (Å²) >= 11 is 0. The molecule has 0 spiro atoms. The van der Waals surface area contributed by atoms with E-state index in [9.17, 15) is 4.79 Å². The number of guanidine groups is 1. The molecular weight excluding hydrogens is 517 g/mol. The maximum absolute atomic E-state index is 12.1. The summed E-state index contributed by atoms with van der Waals surface area (Å²) in [5, 5.41) is 6.32. The van der Waals surface area contributed by atoms with Gasteiger partial charge in [0.25, 0.3) is 0 Å². The third kappa shape index (κ3) is 7.89. The molecule has 8 heteroatoms. The number of nitrogens with one attached hydrogen (secondary N) is 2. The van der Waals surface area contributed by atoms with Gasteiger partial charge in [0, 0.05) is 51.4 Å². The van der Waals surface area contributed by atoms with Gasteiger partial charge in [-0.1, -0.05) is 30.3 Å². The first-order valence-electron chi connectivity index (χ1n) is 10.9. The molecule has 2 aromatic rings. The number of carbonyl (C=O) groups excluding carboxylic acids is 1. The second-order valence-electron chi connectivity index (χ2n) is 7.42. The Kier molecular flexibility index (Phi) is 11.1. The molecule has 7 nitrogen and oxygen atoms in total. The molecule has 0 atom stereocenters. The number of halogens is 1. The number of nitrogens with zero attached hydrogens (tertiary/aromatic N) is 3. The van der Waals surface area contributed by atoms with Gasteiger partial charge in [-0.3, -0.25) is 9.79 Å². The monoisotopic (exact) mass is 551 g/mol. The Labute approximate surface area is 208 Å². The van der Waals surface area contributed by atoms with Crippen LogP contribution in [0.5, 0.6) is 5.75 Å². The molecule has 1 saturated heterocycles. The number of hydrogen-bond acceptors (Lipinski definition) is 4. The highest BCUT2D eigenvalue weighted by atomic mass is 127. The lowest BCUT2D eigenvalue weighted by Crippen LogP contribution is -2.52. The van der Waals surface area contributed by atoms with E-state index in [4.69, 9.17) is 4.74 Å². The van der Waals surface area contributed by atoms with Gasteiger partial charge in [0.2, 0.25) is 5.91 Å². The fourth-order valence-corrected chi connectivity index (χ4v) is 3.54. The Morgan fingerprint density at radius 1 is 1.00 bits per heavy atom. The molecular formula is C24H34IN5O2. The number of rotatable bonds is 8. The van der Waals surface area contributed by atoms with E-state index in [1.54, 1.807) is 7.11 Å². The maximum atomic E-state index is 12.1. The van der Waals surface area contributed by atoms with E-state index in [0.717, 1.165) is 50.0 Å². The van der Waals surface area contributed by atoms with Gasteiger partial charge in [-0.05, 0) is 36.8 Å². The molecule has 0 aliphatic carbocycles. The van der Waals surface area contributed by atoms with Crippen LogP contribution < -0.4 is 20.3 Å². The molecule has 0 radical (unpaired) electrons. The van der Waals surface area contributed by atoms with Gasteiger partial charge in [-0.25, -0.2) is 0 Å². The van der Waals surface area contributed by atoms with E-state index in [-0.39, 0.29) is 29.9 Å². The average Bonchev–Trinajstić information content (AvgIpc) is 2.83. The van der Waals surface area contributed by atoms with Crippen LogP contribution in [-0.2, 0) is 11.3 Å². The molecule has 0 saturated carbocycles. The first-order valence-corrected chi connectivity index (χ1v) is 10.9. The normalized spacial score (nSPS) is 13.9. The zero-order valence-corrected chi connectivity index (χ0v) is 21.2. The van der Waals surface area contributed by atoms with Crippen molar-refractivity contribution < 1.29 is 9.53 Å². The first kappa shape index (κ1) is 25.8. The smallest absolute Gasteiger partial charge is 0.222 e. The zero-order valence-electron chi connectivity index (χ0n) is 18.9. The fraction of sp³-hybridized carbons (Fsp3) is 0.417. The Hall–Kier alpha value is -2.49. The predicted octanol–water partition coefficient (Wildman–Crippen LogP) is 3.11. The van der Waals surface area contributed by atoms with E-state index >= 15 is 0 Å². The lowest BCUT2D eigenvalue weighted by atomic mass is 10.2. The van der Waals surface area contributed by atoms with Crippen LogP contribution in [0.25, 0.3) is 0 Å². The van der Waals surface area contributed by atoms with Crippen molar-refractivity contribution >= 4 is 41.5 Å². The molecule has 2 N–H and O–H groups in total. The minimum atomic E-state index is 0. The van der Waals surface area contributed by atoms with Gasteiger partial charge in [-0.15, -0.1) is 24.0 Å². The molecule has 1 aliphatic rings. The number of hydrogen-bond donors (Lipinski definition) is 2. The Balaban J connectivity index is 0.00000363. The van der Waals surface area contributed by atoms with Crippen molar-refractivity contribution in [2.24, 2.45) is 4.99 Å². The minimum Gasteiger partial charge on any atom is -0.497 e. The predicted molar refractivity (Wildman–Crippen MR) is 141 cm³/mol. The van der Waals surface area contributed by atoms with Gasteiger partial charge >= 0.3 is 0 Å². The standard InChI is InChI=1S/C24H33N5O2.HI/c1-3-25-24(26-14-13-23(30)27-19-20-7-5-4-6-8-20)29-17-15-28(16-18-29)21-9-11-22(31-2)12-10-21;/h4-12H,3,13-19H2,1-2H3,(H,25,26)(H,27,30);1H. The molecule has 1 fully saturated rings. The van der Waals surface area contributed by atoms with Crippen LogP contribution in [0.2, 0.25) is 0 Å². The van der Waals surface area contributed by atoms with Gasteiger partial charge < -0.3 is 25.2 Å². The van der Waals surface area contributed by atoms with Crippen LogP contribution >= 0.6 is 24.0 Å². The van der Waals surface area contributed by atoms with Gasteiger partial charge in [0.05, 0.1) is 13.7 Å². The summed E-state index contributed by atoms with van der Waals surface area (Å²) in [5.41, 5.74) is 2.31. The number of piperazine rings is 1.